The number of hydrogen-bond acceptors (Lipinski definition) is 4. The Kier molecular flexibility index (Phi) is 3.94. The van der Waals surface area contributed by atoms with Crippen LogP contribution >= 0.6 is 12.2 Å². The Balaban J connectivity index is 2.73. The molecule has 0 radical (unpaired) electrons. The standard InChI is InChI=1S/C9H11N3OSSe/c1-9(2,3)7(13)12-8-11-6(4-15-8)10-5-14/h4H,1-3H3,(H,11,12,13). The molecule has 1 heterocycles. The first kappa shape index (κ1) is 12.3. The number of carbonyl (C=O) groups excluding carboxylic acids is 1. The summed E-state index contributed by atoms with van der Waals surface area (Å²) in [6, 6.07) is 0. The van der Waals surface area contributed by atoms with Gasteiger partial charge in [0.25, 0.3) is 0 Å². The summed E-state index contributed by atoms with van der Waals surface area (Å²) in [5, 5.41) is 5.02. The van der Waals surface area contributed by atoms with E-state index in [-0.39, 0.29) is 20.4 Å². The van der Waals surface area contributed by atoms with E-state index in [0.29, 0.717) is 10.5 Å². The van der Waals surface area contributed by atoms with Crippen LogP contribution in [0.4, 0.5) is 10.5 Å². The SMILES string of the molecule is CC(C)(C)C(=O)Nc1nc(N=C=S)c[se]1. The first-order valence-electron chi connectivity index (χ1n) is 4.28. The summed E-state index contributed by atoms with van der Waals surface area (Å²) in [6.07, 6.45) is 0. The van der Waals surface area contributed by atoms with Crippen LogP contribution in [0.15, 0.2) is 9.93 Å². The van der Waals surface area contributed by atoms with E-state index in [2.05, 4.69) is 32.7 Å². The Morgan fingerprint density at radius 3 is 2.87 bits per heavy atom. The second-order valence-electron chi connectivity index (χ2n) is 3.92. The molecule has 6 heteroatoms. The van der Waals surface area contributed by atoms with Crippen LogP contribution in [-0.2, 0) is 4.79 Å². The molecule has 0 aromatic carbocycles. The molecular formula is C9H11N3OSSe. The van der Waals surface area contributed by atoms with Gasteiger partial charge < -0.3 is 0 Å². The normalized spacial score (nSPS) is 10.6. The van der Waals surface area contributed by atoms with E-state index in [9.17, 15) is 4.79 Å². The first-order valence-corrected chi connectivity index (χ1v) is 6.54. The number of hydrogen-bond donors (Lipinski definition) is 1. The average molecular weight is 288 g/mol. The van der Waals surface area contributed by atoms with Crippen LogP contribution in [0.1, 0.15) is 20.8 Å². The summed E-state index contributed by atoms with van der Waals surface area (Å²) in [5.41, 5.74) is -0.408. The summed E-state index contributed by atoms with van der Waals surface area (Å²) >= 11 is 4.50. The van der Waals surface area contributed by atoms with Gasteiger partial charge in [-0.25, -0.2) is 0 Å². The van der Waals surface area contributed by atoms with Gasteiger partial charge in [-0.2, -0.15) is 0 Å². The number of thiocarbonyl (C=S) groups is 1. The van der Waals surface area contributed by atoms with Crippen molar-refractivity contribution in [2.45, 2.75) is 20.8 Å². The molecule has 0 saturated carbocycles. The van der Waals surface area contributed by atoms with Gasteiger partial charge >= 0.3 is 99.5 Å². The minimum absolute atomic E-state index is 0.0337. The molecule has 4 nitrogen and oxygen atoms in total. The fourth-order valence-corrected chi connectivity index (χ4v) is 2.10. The Bertz CT molecular complexity index is 415. The van der Waals surface area contributed by atoms with E-state index in [1.165, 1.54) is 0 Å². The Labute approximate surface area is 99.6 Å². The van der Waals surface area contributed by atoms with Gasteiger partial charge in [-0.3, -0.25) is 0 Å². The quantitative estimate of drug-likeness (QED) is 0.513. The number of isothiocyanates is 1. The summed E-state index contributed by atoms with van der Waals surface area (Å²) in [4.78, 5) is 21.3. The van der Waals surface area contributed by atoms with Gasteiger partial charge in [-0.1, -0.05) is 0 Å². The van der Waals surface area contributed by atoms with Crippen molar-refractivity contribution in [3.8, 4) is 0 Å². The van der Waals surface area contributed by atoms with Gasteiger partial charge in [0.2, 0.25) is 0 Å². The zero-order valence-electron chi connectivity index (χ0n) is 8.70. The molecule has 15 heavy (non-hydrogen) atoms. The number of aromatic nitrogens is 1. The third kappa shape index (κ3) is 3.68. The molecule has 0 bridgehead atoms. The molecule has 1 rings (SSSR count). The zero-order chi connectivity index (χ0) is 11.5. The summed E-state index contributed by atoms with van der Waals surface area (Å²) in [7, 11) is 0. The number of carbonyl (C=O) groups is 1. The minimum atomic E-state index is -0.408. The molecule has 0 spiro atoms. The number of aliphatic imine (C=N–C) groups is 1. The van der Waals surface area contributed by atoms with Crippen molar-refractivity contribution < 1.29 is 4.79 Å². The van der Waals surface area contributed by atoms with Crippen molar-refractivity contribution in [3.05, 3.63) is 4.94 Å². The molecule has 0 fully saturated rings. The molecule has 0 aliphatic carbocycles. The van der Waals surface area contributed by atoms with E-state index in [0.717, 1.165) is 0 Å². The maximum atomic E-state index is 11.6. The van der Waals surface area contributed by atoms with Crippen LogP contribution in [0.2, 0.25) is 0 Å². The van der Waals surface area contributed by atoms with Gasteiger partial charge in [0.15, 0.2) is 0 Å². The number of rotatable bonds is 2. The Morgan fingerprint density at radius 2 is 2.33 bits per heavy atom. The van der Waals surface area contributed by atoms with E-state index < -0.39 is 5.41 Å². The Morgan fingerprint density at radius 1 is 1.67 bits per heavy atom. The fourth-order valence-electron chi connectivity index (χ4n) is 0.705. The summed E-state index contributed by atoms with van der Waals surface area (Å²) < 4.78 is 0.673. The molecule has 0 unspecified atom stereocenters. The number of nitrogens with zero attached hydrogens (tertiary/aromatic N) is 2. The topological polar surface area (TPSA) is 54.4 Å². The molecule has 1 aromatic heterocycles. The van der Waals surface area contributed by atoms with Gasteiger partial charge in [0.05, 0.1) is 0 Å². The van der Waals surface area contributed by atoms with Crippen LogP contribution in [0.3, 0.4) is 0 Å². The van der Waals surface area contributed by atoms with Crippen LogP contribution in [0.5, 0.6) is 0 Å². The van der Waals surface area contributed by atoms with Crippen LogP contribution < -0.4 is 5.32 Å². The molecule has 1 N–H and O–H groups in total. The predicted octanol–water partition coefficient (Wildman–Crippen LogP) is 1.86. The molecule has 0 aliphatic heterocycles. The van der Waals surface area contributed by atoms with Gasteiger partial charge in [0, 0.05) is 0 Å². The summed E-state index contributed by atoms with van der Waals surface area (Å²) in [5.74, 6) is 0.498. The predicted molar refractivity (Wildman–Crippen MR) is 63.9 cm³/mol. The second-order valence-corrected chi connectivity index (χ2v) is 5.90. The third-order valence-corrected chi connectivity index (χ3v) is 3.21. The zero-order valence-corrected chi connectivity index (χ0v) is 11.2. The molecule has 1 amide bonds. The van der Waals surface area contributed by atoms with E-state index in [4.69, 9.17) is 0 Å². The monoisotopic (exact) mass is 289 g/mol. The molecular weight excluding hydrogens is 277 g/mol. The van der Waals surface area contributed by atoms with Crippen molar-refractivity contribution in [3.63, 3.8) is 0 Å². The maximum absolute atomic E-state index is 11.6. The first-order chi connectivity index (χ1) is 6.93. The van der Waals surface area contributed by atoms with Crippen LogP contribution in [0, 0.1) is 5.41 Å². The van der Waals surface area contributed by atoms with Crippen LogP contribution in [0.25, 0.3) is 0 Å². The molecule has 0 atom stereocenters. The van der Waals surface area contributed by atoms with Crippen molar-refractivity contribution in [1.29, 1.82) is 0 Å². The second kappa shape index (κ2) is 4.81. The van der Waals surface area contributed by atoms with Gasteiger partial charge in [0.1, 0.15) is 0 Å². The van der Waals surface area contributed by atoms with E-state index >= 15 is 0 Å². The number of anilines is 1. The van der Waals surface area contributed by atoms with Crippen LogP contribution in [-0.4, -0.2) is 30.6 Å². The summed E-state index contributed by atoms with van der Waals surface area (Å²) in [6.45, 7) is 5.57. The molecule has 80 valence electrons. The van der Waals surface area contributed by atoms with Crippen molar-refractivity contribution in [2.75, 3.05) is 5.32 Å². The molecule has 0 saturated heterocycles. The number of nitrogens with one attached hydrogen (secondary N) is 1. The molecule has 1 aromatic rings. The van der Waals surface area contributed by atoms with E-state index in [1.807, 2.05) is 25.7 Å². The average Bonchev–Trinajstić information content (AvgIpc) is 2.51. The van der Waals surface area contributed by atoms with Crippen molar-refractivity contribution >= 4 is 48.3 Å². The Hall–Kier alpha value is -0.801. The fraction of sp³-hybridized carbons (Fsp3) is 0.444. The van der Waals surface area contributed by atoms with E-state index in [1.54, 1.807) is 0 Å². The van der Waals surface area contributed by atoms with Gasteiger partial charge in [-0.15, -0.1) is 0 Å². The number of amides is 1. The van der Waals surface area contributed by atoms with Gasteiger partial charge in [-0.05, 0) is 0 Å². The van der Waals surface area contributed by atoms with Crippen molar-refractivity contribution in [1.82, 2.24) is 4.98 Å². The third-order valence-electron chi connectivity index (χ3n) is 1.55. The van der Waals surface area contributed by atoms with Crippen molar-refractivity contribution in [2.24, 2.45) is 10.4 Å². The molecule has 0 aliphatic rings.